The molecule has 0 saturated carbocycles. The van der Waals surface area contributed by atoms with Crippen molar-refractivity contribution >= 4 is 52.3 Å². The van der Waals surface area contributed by atoms with Gasteiger partial charge in [-0.15, -0.1) is 10.2 Å². The molecule has 2 N–H and O–H groups in total. The number of aromatic amines is 1. The molecule has 2 heterocycles. The molecule has 0 saturated heterocycles. The highest BCUT2D eigenvalue weighted by Crippen LogP contribution is 2.25. The van der Waals surface area contributed by atoms with Crippen molar-refractivity contribution in [2.45, 2.75) is 11.6 Å². The van der Waals surface area contributed by atoms with E-state index in [1.165, 1.54) is 4.52 Å². The Morgan fingerprint density at radius 1 is 1.16 bits per heavy atom. The van der Waals surface area contributed by atoms with Crippen LogP contribution in [0.5, 0.6) is 5.75 Å². The molecule has 0 fully saturated rings. The van der Waals surface area contributed by atoms with Crippen molar-refractivity contribution in [3.8, 4) is 5.75 Å². The van der Waals surface area contributed by atoms with Gasteiger partial charge in [0.2, 0.25) is 11.1 Å². The molecule has 1 amide bonds. The number of rotatable bonds is 7. The number of fused-ring (bicyclic) bond motifs is 1. The standard InChI is InChI=1S/C20H16Cl2N6O3S/c1-31-13-5-2-11(3-6-13)8-16-18(30)24-19-25-26-20(28(19)27-16)32-10-17(29)23-12-4-7-14(21)15(22)9-12/h2-7,9H,8,10H2,1H3,(H,23,29)(H,24,25,30). The molecule has 2 aromatic heterocycles. The number of thioether (sulfide) groups is 1. The van der Waals surface area contributed by atoms with Gasteiger partial charge in [0.15, 0.2) is 0 Å². The van der Waals surface area contributed by atoms with Crippen molar-refractivity contribution in [3.05, 3.63) is 74.1 Å². The van der Waals surface area contributed by atoms with Crippen LogP contribution in [0.3, 0.4) is 0 Å². The highest BCUT2D eigenvalue weighted by atomic mass is 35.5. The van der Waals surface area contributed by atoms with E-state index >= 15 is 0 Å². The van der Waals surface area contributed by atoms with Crippen LogP contribution >= 0.6 is 35.0 Å². The lowest BCUT2D eigenvalue weighted by Gasteiger charge is -2.06. The van der Waals surface area contributed by atoms with Crippen LogP contribution in [0.1, 0.15) is 11.3 Å². The van der Waals surface area contributed by atoms with Gasteiger partial charge >= 0.3 is 0 Å². The fraction of sp³-hybridized carbons (Fsp3) is 0.150. The summed E-state index contributed by atoms with van der Waals surface area (Å²) < 4.78 is 6.56. The van der Waals surface area contributed by atoms with Gasteiger partial charge in [-0.3, -0.25) is 14.6 Å². The van der Waals surface area contributed by atoms with E-state index in [2.05, 4.69) is 25.6 Å². The molecule has 2 aromatic carbocycles. The van der Waals surface area contributed by atoms with Gasteiger partial charge in [0, 0.05) is 12.1 Å². The number of carbonyl (C=O) groups is 1. The van der Waals surface area contributed by atoms with Crippen LogP contribution in [0.15, 0.2) is 52.4 Å². The van der Waals surface area contributed by atoms with Crippen LogP contribution in [0.4, 0.5) is 5.69 Å². The first-order chi connectivity index (χ1) is 15.4. The lowest BCUT2D eigenvalue weighted by Crippen LogP contribution is -2.19. The fourth-order valence-electron chi connectivity index (χ4n) is 2.82. The average Bonchev–Trinajstić information content (AvgIpc) is 3.17. The van der Waals surface area contributed by atoms with Gasteiger partial charge in [0.25, 0.3) is 11.3 Å². The molecule has 0 aliphatic rings. The number of hydrogen-bond donors (Lipinski definition) is 2. The predicted molar refractivity (Wildman–Crippen MR) is 123 cm³/mol. The number of amides is 1. The summed E-state index contributed by atoms with van der Waals surface area (Å²) in [4.78, 5) is 27.3. The number of H-pyrrole nitrogens is 1. The zero-order valence-electron chi connectivity index (χ0n) is 16.6. The van der Waals surface area contributed by atoms with Crippen LogP contribution in [0.25, 0.3) is 5.78 Å². The minimum absolute atomic E-state index is 0.0512. The average molecular weight is 491 g/mol. The summed E-state index contributed by atoms with van der Waals surface area (Å²) in [6.45, 7) is 0. The lowest BCUT2D eigenvalue weighted by molar-refractivity contribution is -0.113. The van der Waals surface area contributed by atoms with E-state index in [1.54, 1.807) is 25.3 Å². The molecule has 0 bridgehead atoms. The minimum atomic E-state index is -0.352. The molecule has 4 aromatic rings. The van der Waals surface area contributed by atoms with Gasteiger partial charge in [-0.05, 0) is 35.9 Å². The second kappa shape index (κ2) is 9.60. The fourth-order valence-corrected chi connectivity index (χ4v) is 3.80. The van der Waals surface area contributed by atoms with Gasteiger partial charge in [-0.1, -0.05) is 47.1 Å². The van der Waals surface area contributed by atoms with Crippen molar-refractivity contribution in [2.24, 2.45) is 0 Å². The summed E-state index contributed by atoms with van der Waals surface area (Å²) in [5.74, 6) is 0.701. The maximum absolute atomic E-state index is 12.4. The van der Waals surface area contributed by atoms with Crippen molar-refractivity contribution in [2.75, 3.05) is 18.2 Å². The number of carbonyl (C=O) groups excluding carboxylic acids is 1. The van der Waals surface area contributed by atoms with E-state index in [1.807, 2.05) is 24.3 Å². The van der Waals surface area contributed by atoms with Crippen LogP contribution in [-0.4, -0.2) is 43.6 Å². The third-order valence-corrected chi connectivity index (χ3v) is 6.04. The van der Waals surface area contributed by atoms with Gasteiger partial charge in [0.05, 0.1) is 22.9 Å². The van der Waals surface area contributed by atoms with E-state index < -0.39 is 0 Å². The molecule has 0 atom stereocenters. The Morgan fingerprint density at radius 3 is 2.66 bits per heavy atom. The monoisotopic (exact) mass is 490 g/mol. The third-order valence-electron chi connectivity index (χ3n) is 4.39. The molecule has 0 radical (unpaired) electrons. The number of hydrogen-bond acceptors (Lipinski definition) is 7. The normalized spacial score (nSPS) is 11.0. The zero-order chi connectivity index (χ0) is 22.7. The van der Waals surface area contributed by atoms with Crippen LogP contribution < -0.4 is 15.6 Å². The van der Waals surface area contributed by atoms with E-state index in [9.17, 15) is 9.59 Å². The Hall–Kier alpha value is -3.08. The number of ether oxygens (including phenoxy) is 1. The molecular formula is C20H16Cl2N6O3S. The van der Waals surface area contributed by atoms with Gasteiger partial charge in [-0.25, -0.2) is 0 Å². The maximum atomic E-state index is 12.4. The summed E-state index contributed by atoms with van der Waals surface area (Å²) in [5.41, 5.74) is 1.37. The number of nitrogens with one attached hydrogen (secondary N) is 2. The van der Waals surface area contributed by atoms with Crippen molar-refractivity contribution in [1.29, 1.82) is 0 Å². The largest absolute Gasteiger partial charge is 0.497 e. The SMILES string of the molecule is COc1ccc(Cc2nn3c(SCC(=O)Nc4ccc(Cl)c(Cl)c4)nnc3[nH]c2=O)cc1. The Kier molecular flexibility index (Phi) is 6.63. The molecule has 0 aliphatic carbocycles. The van der Waals surface area contributed by atoms with Crippen molar-refractivity contribution < 1.29 is 9.53 Å². The number of nitrogens with zero attached hydrogens (tertiary/aromatic N) is 4. The smallest absolute Gasteiger partial charge is 0.274 e. The first-order valence-electron chi connectivity index (χ1n) is 9.28. The second-order valence-corrected chi connectivity index (χ2v) is 8.37. The Morgan fingerprint density at radius 2 is 1.94 bits per heavy atom. The van der Waals surface area contributed by atoms with Gasteiger partial charge in [-0.2, -0.15) is 9.61 Å². The molecule has 9 nitrogen and oxygen atoms in total. The molecular weight excluding hydrogens is 475 g/mol. The summed E-state index contributed by atoms with van der Waals surface area (Å²) in [7, 11) is 1.59. The van der Waals surface area contributed by atoms with Crippen LogP contribution in [0.2, 0.25) is 10.0 Å². The Balaban J connectivity index is 1.48. The predicted octanol–water partition coefficient (Wildman–Crippen LogP) is 3.45. The first kappa shape index (κ1) is 22.1. The molecule has 0 aliphatic heterocycles. The summed E-state index contributed by atoms with van der Waals surface area (Å²) in [6, 6.07) is 12.2. The van der Waals surface area contributed by atoms with E-state index in [0.29, 0.717) is 33.0 Å². The maximum Gasteiger partial charge on any atom is 0.274 e. The number of aromatic nitrogens is 5. The number of benzene rings is 2. The lowest BCUT2D eigenvalue weighted by atomic mass is 10.1. The quantitative estimate of drug-likeness (QED) is 0.381. The van der Waals surface area contributed by atoms with Crippen LogP contribution in [0, 0.1) is 0 Å². The molecule has 4 rings (SSSR count). The summed E-state index contributed by atoms with van der Waals surface area (Å²) in [5, 5.41) is 16.2. The highest BCUT2D eigenvalue weighted by molar-refractivity contribution is 7.99. The molecule has 164 valence electrons. The van der Waals surface area contributed by atoms with Crippen molar-refractivity contribution in [1.82, 2.24) is 24.8 Å². The number of anilines is 1. The molecule has 12 heteroatoms. The minimum Gasteiger partial charge on any atom is -0.497 e. The van der Waals surface area contributed by atoms with E-state index in [4.69, 9.17) is 27.9 Å². The third kappa shape index (κ3) is 5.04. The first-order valence-corrected chi connectivity index (χ1v) is 11.0. The van der Waals surface area contributed by atoms with E-state index in [0.717, 1.165) is 23.1 Å². The number of methoxy groups -OCH3 is 1. The van der Waals surface area contributed by atoms with E-state index in [-0.39, 0.29) is 23.0 Å². The van der Waals surface area contributed by atoms with Gasteiger partial charge < -0.3 is 10.1 Å². The van der Waals surface area contributed by atoms with Gasteiger partial charge in [0.1, 0.15) is 11.4 Å². The Bertz CT molecular complexity index is 1340. The Labute approximate surface area is 196 Å². The summed E-state index contributed by atoms with van der Waals surface area (Å²) in [6.07, 6.45) is 0.315. The highest BCUT2D eigenvalue weighted by Gasteiger charge is 2.14. The molecule has 0 spiro atoms. The zero-order valence-corrected chi connectivity index (χ0v) is 19.0. The van der Waals surface area contributed by atoms with Crippen molar-refractivity contribution in [3.63, 3.8) is 0 Å². The molecule has 32 heavy (non-hydrogen) atoms. The summed E-state index contributed by atoms with van der Waals surface area (Å²) >= 11 is 13.0. The number of halogens is 2. The van der Waals surface area contributed by atoms with Crippen LogP contribution in [-0.2, 0) is 11.2 Å². The topological polar surface area (TPSA) is 114 Å². The molecule has 0 unspecified atom stereocenters. The second-order valence-electron chi connectivity index (χ2n) is 6.61.